The van der Waals surface area contributed by atoms with Gasteiger partial charge in [0.15, 0.2) is 0 Å². The number of carboxylic acid groups (broad SMARTS) is 1. The highest BCUT2D eigenvalue weighted by Crippen LogP contribution is 2.19. The van der Waals surface area contributed by atoms with Crippen molar-refractivity contribution >= 4 is 11.9 Å². The Hall–Kier alpha value is -1.78. The molecule has 0 unspecified atom stereocenters. The number of hydrogen-bond acceptors (Lipinski definition) is 4. The zero-order valence-electron chi connectivity index (χ0n) is 7.98. The normalized spacial score (nSPS) is 15.7. The molecule has 1 aliphatic heterocycles. The van der Waals surface area contributed by atoms with Crippen LogP contribution in [0.4, 0.5) is 0 Å². The van der Waals surface area contributed by atoms with Crippen LogP contribution < -0.4 is 0 Å². The third-order valence-electron chi connectivity index (χ3n) is 1.82. The van der Waals surface area contributed by atoms with E-state index in [0.29, 0.717) is 5.57 Å². The zero-order chi connectivity index (χ0) is 10.7. The van der Waals surface area contributed by atoms with Gasteiger partial charge in [0.2, 0.25) is 0 Å². The summed E-state index contributed by atoms with van der Waals surface area (Å²) in [6.07, 6.45) is 3.12. The predicted molar refractivity (Wildman–Crippen MR) is 48.2 cm³/mol. The average molecular weight is 197 g/mol. The molecule has 76 valence electrons. The van der Waals surface area contributed by atoms with Crippen LogP contribution in [-0.2, 0) is 14.3 Å². The predicted octanol–water partition coefficient (Wildman–Crippen LogP) is 0.347. The summed E-state index contributed by atoms with van der Waals surface area (Å²) in [5, 5.41) is 8.75. The number of nitrogens with zero attached hydrogens (tertiary/aromatic N) is 1. The molecule has 0 aromatic rings. The molecule has 1 rings (SSSR count). The summed E-state index contributed by atoms with van der Waals surface area (Å²) in [7, 11) is 2.92. The van der Waals surface area contributed by atoms with Gasteiger partial charge in [0, 0.05) is 25.9 Å². The molecule has 0 spiro atoms. The van der Waals surface area contributed by atoms with Crippen molar-refractivity contribution in [2.24, 2.45) is 0 Å². The number of hydrogen-bond donors (Lipinski definition) is 1. The third kappa shape index (κ3) is 2.12. The van der Waals surface area contributed by atoms with Crippen molar-refractivity contribution in [2.45, 2.75) is 6.42 Å². The summed E-state index contributed by atoms with van der Waals surface area (Å²) in [4.78, 5) is 23.4. The quantitative estimate of drug-likeness (QED) is 0.647. The Bertz CT molecular complexity index is 330. The second kappa shape index (κ2) is 3.95. The van der Waals surface area contributed by atoms with Gasteiger partial charge in [0.25, 0.3) is 0 Å². The second-order valence-corrected chi connectivity index (χ2v) is 2.95. The molecule has 5 heteroatoms. The van der Waals surface area contributed by atoms with Crippen molar-refractivity contribution in [3.63, 3.8) is 0 Å². The summed E-state index contributed by atoms with van der Waals surface area (Å²) in [6, 6.07) is 0. The van der Waals surface area contributed by atoms with Crippen molar-refractivity contribution < 1.29 is 19.4 Å². The summed E-state index contributed by atoms with van der Waals surface area (Å²) in [5.41, 5.74) is 0.519. The fraction of sp³-hybridized carbons (Fsp3) is 0.333. The second-order valence-electron chi connectivity index (χ2n) is 2.95. The lowest BCUT2D eigenvalue weighted by Crippen LogP contribution is -2.19. The van der Waals surface area contributed by atoms with E-state index < -0.39 is 11.9 Å². The highest BCUT2D eigenvalue weighted by atomic mass is 16.5. The lowest BCUT2D eigenvalue weighted by atomic mass is 10.0. The van der Waals surface area contributed by atoms with Gasteiger partial charge >= 0.3 is 11.9 Å². The number of ether oxygens (including phenoxy) is 1. The van der Waals surface area contributed by atoms with Crippen molar-refractivity contribution in [1.29, 1.82) is 0 Å². The lowest BCUT2D eigenvalue weighted by molar-refractivity contribution is -0.136. The Morgan fingerprint density at radius 1 is 1.43 bits per heavy atom. The van der Waals surface area contributed by atoms with Gasteiger partial charge in [-0.05, 0) is 0 Å². The van der Waals surface area contributed by atoms with E-state index in [1.54, 1.807) is 13.2 Å². The Balaban J connectivity index is 2.85. The van der Waals surface area contributed by atoms with Gasteiger partial charge in [0.1, 0.15) is 0 Å². The first-order chi connectivity index (χ1) is 6.54. The number of rotatable bonds is 2. The molecular weight excluding hydrogens is 186 g/mol. The number of carboxylic acids is 1. The maximum atomic E-state index is 11.1. The standard InChI is InChI=1S/C9H11NO4/c1-10-4-6(8(11)12)3-7(5-10)9(13)14-2/h4-5H,3H2,1-2H3,(H,11,12). The lowest BCUT2D eigenvalue weighted by Gasteiger charge is -2.18. The minimum Gasteiger partial charge on any atom is -0.478 e. The Morgan fingerprint density at radius 2 is 2.00 bits per heavy atom. The molecule has 0 aromatic heterocycles. The van der Waals surface area contributed by atoms with E-state index in [1.165, 1.54) is 18.2 Å². The molecular formula is C9H11NO4. The maximum Gasteiger partial charge on any atom is 0.335 e. The van der Waals surface area contributed by atoms with E-state index in [1.807, 2.05) is 0 Å². The van der Waals surface area contributed by atoms with E-state index in [0.717, 1.165) is 0 Å². The minimum atomic E-state index is -1.02. The third-order valence-corrected chi connectivity index (χ3v) is 1.82. The average Bonchev–Trinajstić information content (AvgIpc) is 2.15. The molecule has 1 N–H and O–H groups in total. The van der Waals surface area contributed by atoms with E-state index in [4.69, 9.17) is 5.11 Å². The molecule has 0 saturated carbocycles. The number of aliphatic carboxylic acids is 1. The van der Waals surface area contributed by atoms with Crippen LogP contribution >= 0.6 is 0 Å². The van der Waals surface area contributed by atoms with Gasteiger partial charge in [-0.1, -0.05) is 0 Å². The zero-order valence-corrected chi connectivity index (χ0v) is 7.98. The molecule has 0 saturated heterocycles. The molecule has 0 fully saturated rings. The van der Waals surface area contributed by atoms with E-state index >= 15 is 0 Å². The fourth-order valence-corrected chi connectivity index (χ4v) is 1.21. The van der Waals surface area contributed by atoms with Gasteiger partial charge in [-0.25, -0.2) is 9.59 Å². The van der Waals surface area contributed by atoms with Crippen molar-refractivity contribution in [2.75, 3.05) is 14.2 Å². The molecule has 0 bridgehead atoms. The van der Waals surface area contributed by atoms with E-state index in [9.17, 15) is 9.59 Å². The van der Waals surface area contributed by atoms with Crippen LogP contribution in [0.3, 0.4) is 0 Å². The molecule has 0 radical (unpaired) electrons. The molecule has 1 heterocycles. The molecule has 5 nitrogen and oxygen atoms in total. The van der Waals surface area contributed by atoms with Crippen LogP contribution in [0, 0.1) is 0 Å². The first-order valence-corrected chi connectivity index (χ1v) is 3.99. The van der Waals surface area contributed by atoms with Gasteiger partial charge in [0.05, 0.1) is 18.3 Å². The number of carbonyl (C=O) groups is 2. The van der Waals surface area contributed by atoms with Gasteiger partial charge in [-0.3, -0.25) is 0 Å². The Kier molecular flexibility index (Phi) is 2.91. The smallest absolute Gasteiger partial charge is 0.335 e. The van der Waals surface area contributed by atoms with Crippen LogP contribution in [0.5, 0.6) is 0 Å². The van der Waals surface area contributed by atoms with Gasteiger partial charge in [-0.15, -0.1) is 0 Å². The first-order valence-electron chi connectivity index (χ1n) is 3.99. The van der Waals surface area contributed by atoms with E-state index in [2.05, 4.69) is 4.74 Å². The Labute approximate surface area is 81.3 Å². The maximum absolute atomic E-state index is 11.1. The Morgan fingerprint density at radius 3 is 2.50 bits per heavy atom. The monoisotopic (exact) mass is 197 g/mol. The van der Waals surface area contributed by atoms with Gasteiger partial charge < -0.3 is 14.7 Å². The molecule has 14 heavy (non-hydrogen) atoms. The van der Waals surface area contributed by atoms with Crippen molar-refractivity contribution in [1.82, 2.24) is 4.90 Å². The van der Waals surface area contributed by atoms with Gasteiger partial charge in [-0.2, -0.15) is 0 Å². The molecule has 0 aromatic carbocycles. The summed E-state index contributed by atoms with van der Waals surface area (Å²) in [6.45, 7) is 0. The SMILES string of the molecule is COC(=O)C1=CN(C)C=C(C(=O)O)C1. The van der Waals surface area contributed by atoms with Crippen molar-refractivity contribution in [3.05, 3.63) is 23.5 Å². The summed E-state index contributed by atoms with van der Waals surface area (Å²) in [5.74, 6) is -1.52. The topological polar surface area (TPSA) is 66.8 Å². The molecule has 0 atom stereocenters. The van der Waals surface area contributed by atoms with Crippen LogP contribution in [-0.4, -0.2) is 36.1 Å². The summed E-state index contributed by atoms with van der Waals surface area (Å²) >= 11 is 0. The van der Waals surface area contributed by atoms with Crippen LogP contribution in [0.2, 0.25) is 0 Å². The first kappa shape index (κ1) is 10.3. The highest BCUT2D eigenvalue weighted by molar-refractivity contribution is 5.94. The number of esters is 1. The molecule has 0 amide bonds. The van der Waals surface area contributed by atoms with Crippen LogP contribution in [0.25, 0.3) is 0 Å². The van der Waals surface area contributed by atoms with Crippen molar-refractivity contribution in [3.8, 4) is 0 Å². The van der Waals surface area contributed by atoms with Crippen LogP contribution in [0.15, 0.2) is 23.5 Å². The molecule has 0 aliphatic carbocycles. The number of methoxy groups -OCH3 is 1. The highest BCUT2D eigenvalue weighted by Gasteiger charge is 2.20. The molecule has 1 aliphatic rings. The number of carbonyl (C=O) groups excluding carboxylic acids is 1. The van der Waals surface area contributed by atoms with E-state index in [-0.39, 0.29) is 12.0 Å². The van der Waals surface area contributed by atoms with Crippen LogP contribution in [0.1, 0.15) is 6.42 Å². The fourth-order valence-electron chi connectivity index (χ4n) is 1.21. The largest absolute Gasteiger partial charge is 0.478 e. The minimum absolute atomic E-state index is 0.104. The summed E-state index contributed by atoms with van der Waals surface area (Å²) < 4.78 is 4.51.